The molecule has 0 unspecified atom stereocenters. The lowest BCUT2D eigenvalue weighted by Crippen LogP contribution is -2.17. The summed E-state index contributed by atoms with van der Waals surface area (Å²) in [6.45, 7) is 0. The Morgan fingerprint density at radius 1 is 0.864 bits per heavy atom. The van der Waals surface area contributed by atoms with Crippen molar-refractivity contribution in [1.29, 1.82) is 0 Å². The number of carbonyl (C=O) groups excluding carboxylic acids is 1. The zero-order valence-electron chi connectivity index (χ0n) is 12.3. The zero-order chi connectivity index (χ0) is 15.4. The van der Waals surface area contributed by atoms with Gasteiger partial charge in [0, 0.05) is 23.7 Å². The first-order valence-electron chi connectivity index (χ1n) is 7.10. The Morgan fingerprint density at radius 3 is 2.41 bits per heavy atom. The van der Waals surface area contributed by atoms with Gasteiger partial charge in [-0.2, -0.15) is 0 Å². The molecule has 0 aromatic heterocycles. The number of nitrogens with one attached hydrogen (secondary N) is 1. The molecule has 0 heterocycles. The van der Waals surface area contributed by atoms with E-state index in [1.807, 2.05) is 66.7 Å². The lowest BCUT2D eigenvalue weighted by Gasteiger charge is -2.05. The molecule has 3 aromatic rings. The summed E-state index contributed by atoms with van der Waals surface area (Å²) in [5.74, 6) is 6.23. The molecule has 0 bridgehead atoms. The quantitative estimate of drug-likeness (QED) is 0.680. The van der Waals surface area contributed by atoms with E-state index in [0.717, 1.165) is 21.9 Å². The lowest BCUT2D eigenvalue weighted by atomic mass is 10.0. The van der Waals surface area contributed by atoms with E-state index in [1.165, 1.54) is 0 Å². The molecule has 3 rings (SSSR count). The van der Waals surface area contributed by atoms with Crippen molar-refractivity contribution in [3.05, 3.63) is 83.4 Å². The largest absolute Gasteiger partial charge is 0.355 e. The molecule has 0 fully saturated rings. The van der Waals surface area contributed by atoms with Crippen molar-refractivity contribution >= 4 is 16.7 Å². The van der Waals surface area contributed by atoms with Crippen LogP contribution in [0.5, 0.6) is 0 Å². The second-order valence-electron chi connectivity index (χ2n) is 4.94. The number of amides is 1. The Morgan fingerprint density at radius 2 is 1.64 bits per heavy atom. The molecule has 0 aliphatic carbocycles. The molecule has 2 nitrogen and oxygen atoms in total. The summed E-state index contributed by atoms with van der Waals surface area (Å²) in [4.78, 5) is 11.9. The van der Waals surface area contributed by atoms with Gasteiger partial charge >= 0.3 is 0 Å². The summed E-state index contributed by atoms with van der Waals surface area (Å²) in [5.41, 5.74) is 2.61. The van der Waals surface area contributed by atoms with E-state index < -0.39 is 0 Å². The standard InChI is InChI=1S/C20H15NO/c1-21-20(22)19-9-5-8-17-14-16(12-13-18(17)19)11-10-15-6-3-2-4-7-15/h2-9,12-14H,1H3,(H,21,22). The second-order valence-corrected chi connectivity index (χ2v) is 4.94. The minimum absolute atomic E-state index is 0.0753. The van der Waals surface area contributed by atoms with Gasteiger partial charge in [-0.15, -0.1) is 0 Å². The third-order valence-corrected chi connectivity index (χ3v) is 3.48. The summed E-state index contributed by atoms with van der Waals surface area (Å²) in [7, 11) is 1.64. The molecule has 0 spiro atoms. The molecule has 0 atom stereocenters. The molecule has 1 N–H and O–H groups in total. The number of benzene rings is 3. The van der Waals surface area contributed by atoms with Crippen molar-refractivity contribution in [3.63, 3.8) is 0 Å². The van der Waals surface area contributed by atoms with Crippen LogP contribution < -0.4 is 5.32 Å². The monoisotopic (exact) mass is 285 g/mol. The van der Waals surface area contributed by atoms with E-state index in [1.54, 1.807) is 7.05 Å². The third-order valence-electron chi connectivity index (χ3n) is 3.48. The van der Waals surface area contributed by atoms with Gasteiger partial charge in [0.25, 0.3) is 5.91 Å². The van der Waals surface area contributed by atoms with E-state index in [0.29, 0.717) is 5.56 Å². The van der Waals surface area contributed by atoms with Gasteiger partial charge in [0.05, 0.1) is 0 Å². The highest BCUT2D eigenvalue weighted by Crippen LogP contribution is 2.20. The number of hydrogen-bond acceptors (Lipinski definition) is 1. The van der Waals surface area contributed by atoms with E-state index in [2.05, 4.69) is 17.2 Å². The first-order valence-corrected chi connectivity index (χ1v) is 7.10. The van der Waals surface area contributed by atoms with Crippen molar-refractivity contribution < 1.29 is 4.79 Å². The predicted molar refractivity (Wildman–Crippen MR) is 89.8 cm³/mol. The van der Waals surface area contributed by atoms with Crippen LogP contribution in [0.3, 0.4) is 0 Å². The van der Waals surface area contributed by atoms with Gasteiger partial charge in [-0.3, -0.25) is 4.79 Å². The molecule has 106 valence electrons. The van der Waals surface area contributed by atoms with Crippen LogP contribution in [0.25, 0.3) is 10.8 Å². The average molecular weight is 285 g/mol. The summed E-state index contributed by atoms with van der Waals surface area (Å²) in [6.07, 6.45) is 0. The van der Waals surface area contributed by atoms with Crippen LogP contribution in [0.1, 0.15) is 21.5 Å². The van der Waals surface area contributed by atoms with Gasteiger partial charge in [-0.05, 0) is 41.1 Å². The molecular formula is C20H15NO. The van der Waals surface area contributed by atoms with Gasteiger partial charge < -0.3 is 5.32 Å². The van der Waals surface area contributed by atoms with Crippen LogP contribution in [0.15, 0.2) is 66.7 Å². The predicted octanol–water partition coefficient (Wildman–Crippen LogP) is 3.60. The molecule has 3 aromatic carbocycles. The van der Waals surface area contributed by atoms with Gasteiger partial charge in [-0.25, -0.2) is 0 Å². The Balaban J connectivity index is 2.01. The average Bonchev–Trinajstić information content (AvgIpc) is 2.59. The second kappa shape index (κ2) is 6.15. The molecule has 1 amide bonds. The van der Waals surface area contributed by atoms with Gasteiger partial charge in [0.15, 0.2) is 0 Å². The van der Waals surface area contributed by atoms with E-state index in [4.69, 9.17) is 0 Å². The Labute approximate surface area is 129 Å². The third kappa shape index (κ3) is 2.84. The summed E-state index contributed by atoms with van der Waals surface area (Å²) in [5, 5.41) is 4.62. The maximum atomic E-state index is 11.9. The molecule has 0 saturated carbocycles. The van der Waals surface area contributed by atoms with E-state index in [-0.39, 0.29) is 5.91 Å². The minimum Gasteiger partial charge on any atom is -0.355 e. The lowest BCUT2D eigenvalue weighted by molar-refractivity contribution is 0.0964. The Bertz CT molecular complexity index is 886. The van der Waals surface area contributed by atoms with E-state index in [9.17, 15) is 4.79 Å². The van der Waals surface area contributed by atoms with Crippen molar-refractivity contribution in [2.24, 2.45) is 0 Å². The highest BCUT2D eigenvalue weighted by Gasteiger charge is 2.07. The summed E-state index contributed by atoms with van der Waals surface area (Å²) in [6, 6.07) is 21.5. The van der Waals surface area contributed by atoms with Gasteiger partial charge in [0.2, 0.25) is 0 Å². The molecule has 0 radical (unpaired) electrons. The van der Waals surface area contributed by atoms with Crippen LogP contribution in [-0.4, -0.2) is 13.0 Å². The first-order chi connectivity index (χ1) is 10.8. The summed E-state index contributed by atoms with van der Waals surface area (Å²) < 4.78 is 0. The zero-order valence-corrected chi connectivity index (χ0v) is 12.3. The fraction of sp³-hybridized carbons (Fsp3) is 0.0500. The van der Waals surface area contributed by atoms with Crippen LogP contribution in [-0.2, 0) is 0 Å². The Hall–Kier alpha value is -3.05. The van der Waals surface area contributed by atoms with Crippen molar-refractivity contribution in [1.82, 2.24) is 5.32 Å². The molecule has 22 heavy (non-hydrogen) atoms. The SMILES string of the molecule is CNC(=O)c1cccc2cc(C#Cc3ccccc3)ccc12. The number of hydrogen-bond donors (Lipinski definition) is 1. The van der Waals surface area contributed by atoms with Gasteiger partial charge in [-0.1, -0.05) is 48.2 Å². The van der Waals surface area contributed by atoms with Gasteiger partial charge in [0.1, 0.15) is 0 Å². The van der Waals surface area contributed by atoms with E-state index >= 15 is 0 Å². The normalized spacial score (nSPS) is 9.86. The number of carbonyl (C=O) groups is 1. The number of fused-ring (bicyclic) bond motifs is 1. The minimum atomic E-state index is -0.0753. The summed E-state index contributed by atoms with van der Waals surface area (Å²) >= 11 is 0. The topological polar surface area (TPSA) is 29.1 Å². The molecular weight excluding hydrogens is 270 g/mol. The van der Waals surface area contributed by atoms with Crippen molar-refractivity contribution in [2.45, 2.75) is 0 Å². The van der Waals surface area contributed by atoms with Crippen LogP contribution >= 0.6 is 0 Å². The van der Waals surface area contributed by atoms with Crippen LogP contribution in [0.4, 0.5) is 0 Å². The molecule has 0 saturated heterocycles. The highest BCUT2D eigenvalue weighted by molar-refractivity contribution is 6.07. The molecule has 0 aliphatic heterocycles. The first kappa shape index (κ1) is 13.9. The maximum absolute atomic E-state index is 11.9. The Kier molecular flexibility index (Phi) is 3.89. The van der Waals surface area contributed by atoms with Crippen molar-refractivity contribution in [2.75, 3.05) is 7.05 Å². The maximum Gasteiger partial charge on any atom is 0.251 e. The van der Waals surface area contributed by atoms with Crippen LogP contribution in [0, 0.1) is 11.8 Å². The smallest absolute Gasteiger partial charge is 0.251 e. The molecule has 0 aliphatic rings. The molecule has 2 heteroatoms. The van der Waals surface area contributed by atoms with Crippen LogP contribution in [0.2, 0.25) is 0 Å². The fourth-order valence-electron chi connectivity index (χ4n) is 2.36. The van der Waals surface area contributed by atoms with Crippen molar-refractivity contribution in [3.8, 4) is 11.8 Å². The highest BCUT2D eigenvalue weighted by atomic mass is 16.1. The fourth-order valence-corrected chi connectivity index (χ4v) is 2.36. The number of rotatable bonds is 1.